The molecule has 0 radical (unpaired) electrons. The van der Waals surface area contributed by atoms with E-state index < -0.39 is 0 Å². The molecule has 0 aromatic carbocycles. The first-order valence-corrected chi connectivity index (χ1v) is 4.22. The lowest BCUT2D eigenvalue weighted by Crippen LogP contribution is -1.73. The van der Waals surface area contributed by atoms with E-state index in [9.17, 15) is 0 Å². The lowest BCUT2D eigenvalue weighted by molar-refractivity contribution is 1.06. The van der Waals surface area contributed by atoms with Crippen molar-refractivity contribution in [1.82, 2.24) is 9.97 Å². The Balaban J connectivity index is 0.000000127. The quantitative estimate of drug-likeness (QED) is 0.675. The number of aryl methyl sites for hydroxylation is 1. The van der Waals surface area contributed by atoms with E-state index in [-0.39, 0.29) is 0 Å². The van der Waals surface area contributed by atoms with Gasteiger partial charge >= 0.3 is 0 Å². The number of nitrogens with one attached hydrogen (secondary N) is 1. The second-order valence-electron chi connectivity index (χ2n) is 2.52. The number of imidazole rings is 1. The molecule has 1 aliphatic rings. The van der Waals surface area contributed by atoms with Crippen LogP contribution in [0.5, 0.6) is 0 Å². The van der Waals surface area contributed by atoms with E-state index in [1.54, 1.807) is 6.33 Å². The highest BCUT2D eigenvalue weighted by Gasteiger charge is 1.82. The van der Waals surface area contributed by atoms with E-state index >= 15 is 0 Å². The van der Waals surface area contributed by atoms with Gasteiger partial charge in [0.15, 0.2) is 0 Å². The van der Waals surface area contributed by atoms with Crippen LogP contribution in [0, 0.1) is 0 Å². The molecule has 1 aromatic rings. The molecular weight excluding hydrogens is 148 g/mol. The molecule has 0 fully saturated rings. The van der Waals surface area contributed by atoms with Crippen molar-refractivity contribution in [3.63, 3.8) is 0 Å². The van der Waals surface area contributed by atoms with Crippen LogP contribution in [0.3, 0.4) is 0 Å². The van der Waals surface area contributed by atoms with Gasteiger partial charge in [0.2, 0.25) is 0 Å². The summed E-state index contributed by atoms with van der Waals surface area (Å²) in [5.74, 6) is 0. The van der Waals surface area contributed by atoms with E-state index in [1.165, 1.54) is 5.69 Å². The highest BCUT2D eigenvalue weighted by Crippen LogP contribution is 1.93. The maximum Gasteiger partial charge on any atom is 0.0921 e. The van der Waals surface area contributed by atoms with Crippen molar-refractivity contribution in [1.29, 1.82) is 0 Å². The van der Waals surface area contributed by atoms with E-state index in [4.69, 9.17) is 0 Å². The predicted molar refractivity (Wildman–Crippen MR) is 50.9 cm³/mol. The number of allylic oxidation sites excluding steroid dienone is 4. The summed E-state index contributed by atoms with van der Waals surface area (Å²) in [5.41, 5.74) is 1.19. The average molecular weight is 162 g/mol. The van der Waals surface area contributed by atoms with E-state index in [2.05, 4.69) is 41.2 Å². The first-order chi connectivity index (χ1) is 5.93. The number of nitrogens with zero attached hydrogens (tertiary/aromatic N) is 1. The molecule has 2 nitrogen and oxygen atoms in total. The molecule has 1 aliphatic carbocycles. The van der Waals surface area contributed by atoms with Crippen LogP contribution in [-0.2, 0) is 6.42 Å². The molecule has 0 spiro atoms. The fourth-order valence-corrected chi connectivity index (χ4v) is 0.871. The maximum atomic E-state index is 3.84. The zero-order valence-corrected chi connectivity index (χ0v) is 7.33. The third-order valence-electron chi connectivity index (χ3n) is 1.59. The molecule has 2 rings (SSSR count). The fraction of sp³-hybridized carbons (Fsp3) is 0.300. The molecule has 0 bridgehead atoms. The highest BCUT2D eigenvalue weighted by molar-refractivity contribution is 5.11. The smallest absolute Gasteiger partial charge is 0.0921 e. The second-order valence-corrected chi connectivity index (χ2v) is 2.52. The lowest BCUT2D eigenvalue weighted by Gasteiger charge is -1.79. The first-order valence-electron chi connectivity index (χ1n) is 4.22. The SMILES string of the molecule is C1=CCC=C1.CCc1cnc[nH]1. The van der Waals surface area contributed by atoms with Gasteiger partial charge in [-0.1, -0.05) is 31.2 Å². The highest BCUT2D eigenvalue weighted by atomic mass is 14.8. The summed E-state index contributed by atoms with van der Waals surface area (Å²) in [5, 5.41) is 0. The Labute approximate surface area is 73.0 Å². The molecule has 1 N–H and O–H groups in total. The zero-order valence-electron chi connectivity index (χ0n) is 7.33. The summed E-state index contributed by atoms with van der Waals surface area (Å²) in [6.45, 7) is 2.09. The lowest BCUT2D eigenvalue weighted by atomic mass is 10.4. The number of H-pyrrole nitrogens is 1. The first kappa shape index (κ1) is 8.78. The summed E-state index contributed by atoms with van der Waals surface area (Å²) in [6, 6.07) is 0. The standard InChI is InChI=1S/C5H8N2.C5H6/c1-2-5-3-6-4-7-5;1-2-4-5-3-1/h3-4H,2H2,1H3,(H,6,7);1-4H,5H2. The summed E-state index contributed by atoms with van der Waals surface area (Å²) < 4.78 is 0. The van der Waals surface area contributed by atoms with Crippen LogP contribution in [0.25, 0.3) is 0 Å². The predicted octanol–water partition coefficient (Wildman–Crippen LogP) is 2.47. The van der Waals surface area contributed by atoms with Gasteiger partial charge in [-0.2, -0.15) is 0 Å². The molecular formula is C10H14N2. The minimum Gasteiger partial charge on any atom is -0.349 e. The van der Waals surface area contributed by atoms with Crippen molar-refractivity contribution in [2.45, 2.75) is 19.8 Å². The molecule has 0 saturated carbocycles. The minimum atomic E-state index is 1.04. The Hall–Kier alpha value is -1.31. The third-order valence-corrected chi connectivity index (χ3v) is 1.59. The largest absolute Gasteiger partial charge is 0.349 e. The molecule has 1 aromatic heterocycles. The van der Waals surface area contributed by atoms with Crippen LogP contribution in [0.2, 0.25) is 0 Å². The van der Waals surface area contributed by atoms with Gasteiger partial charge in [-0.25, -0.2) is 4.98 Å². The minimum absolute atomic E-state index is 1.04. The molecule has 64 valence electrons. The Kier molecular flexibility index (Phi) is 3.92. The zero-order chi connectivity index (χ0) is 8.65. The number of hydrogen-bond donors (Lipinski definition) is 1. The third kappa shape index (κ3) is 3.19. The molecule has 0 saturated heterocycles. The monoisotopic (exact) mass is 162 g/mol. The van der Waals surface area contributed by atoms with Crippen molar-refractivity contribution in [3.8, 4) is 0 Å². The van der Waals surface area contributed by atoms with E-state index in [0.717, 1.165) is 12.8 Å². The Morgan fingerprint density at radius 2 is 2.17 bits per heavy atom. The van der Waals surface area contributed by atoms with Crippen LogP contribution in [-0.4, -0.2) is 9.97 Å². The van der Waals surface area contributed by atoms with Gasteiger partial charge in [-0.05, 0) is 12.8 Å². The molecule has 0 atom stereocenters. The van der Waals surface area contributed by atoms with Crippen molar-refractivity contribution in [3.05, 3.63) is 42.5 Å². The number of aromatic nitrogens is 2. The summed E-state index contributed by atoms with van der Waals surface area (Å²) >= 11 is 0. The Morgan fingerprint density at radius 3 is 2.42 bits per heavy atom. The number of rotatable bonds is 1. The van der Waals surface area contributed by atoms with Crippen LogP contribution in [0.15, 0.2) is 36.8 Å². The second kappa shape index (κ2) is 5.35. The molecule has 0 amide bonds. The van der Waals surface area contributed by atoms with Crippen LogP contribution in [0.1, 0.15) is 19.0 Å². The normalized spacial score (nSPS) is 12.8. The van der Waals surface area contributed by atoms with Gasteiger partial charge in [0.1, 0.15) is 0 Å². The fourth-order valence-electron chi connectivity index (χ4n) is 0.871. The van der Waals surface area contributed by atoms with Gasteiger partial charge in [-0.3, -0.25) is 0 Å². The van der Waals surface area contributed by atoms with Crippen molar-refractivity contribution < 1.29 is 0 Å². The van der Waals surface area contributed by atoms with E-state index in [0.29, 0.717) is 0 Å². The number of aromatic amines is 1. The van der Waals surface area contributed by atoms with Crippen LogP contribution in [0.4, 0.5) is 0 Å². The van der Waals surface area contributed by atoms with Gasteiger partial charge in [0, 0.05) is 11.9 Å². The van der Waals surface area contributed by atoms with Gasteiger partial charge in [-0.15, -0.1) is 0 Å². The maximum absolute atomic E-state index is 3.84. The van der Waals surface area contributed by atoms with Crippen molar-refractivity contribution >= 4 is 0 Å². The van der Waals surface area contributed by atoms with E-state index in [1.807, 2.05) is 6.20 Å². The summed E-state index contributed by atoms with van der Waals surface area (Å²) in [7, 11) is 0. The molecule has 0 aliphatic heterocycles. The van der Waals surface area contributed by atoms with Crippen LogP contribution >= 0.6 is 0 Å². The van der Waals surface area contributed by atoms with Crippen molar-refractivity contribution in [2.75, 3.05) is 0 Å². The van der Waals surface area contributed by atoms with Gasteiger partial charge in [0.25, 0.3) is 0 Å². The van der Waals surface area contributed by atoms with Gasteiger partial charge < -0.3 is 4.98 Å². The summed E-state index contributed by atoms with van der Waals surface area (Å²) in [4.78, 5) is 6.81. The molecule has 0 unspecified atom stereocenters. The average Bonchev–Trinajstić information content (AvgIpc) is 2.81. The summed E-state index contributed by atoms with van der Waals surface area (Å²) in [6.07, 6.45) is 14.1. The molecule has 2 heteroatoms. The van der Waals surface area contributed by atoms with Gasteiger partial charge in [0.05, 0.1) is 6.33 Å². The Bertz CT molecular complexity index is 235. The number of hydrogen-bond acceptors (Lipinski definition) is 1. The molecule has 1 heterocycles. The Morgan fingerprint density at radius 1 is 1.42 bits per heavy atom. The van der Waals surface area contributed by atoms with Crippen molar-refractivity contribution in [2.24, 2.45) is 0 Å². The van der Waals surface area contributed by atoms with Crippen LogP contribution < -0.4 is 0 Å². The topological polar surface area (TPSA) is 28.7 Å². The molecule has 12 heavy (non-hydrogen) atoms.